The number of aryl methyl sites for hydroxylation is 2. The number of rotatable bonds is 7. The normalized spacial score (nSPS) is 10.4. The number of aromatic amines is 1. The van der Waals surface area contributed by atoms with Gasteiger partial charge < -0.3 is 19.8 Å². The van der Waals surface area contributed by atoms with E-state index in [9.17, 15) is 14.4 Å². The Hall–Kier alpha value is -2.81. The Bertz CT molecular complexity index is 910. The highest BCUT2D eigenvalue weighted by Gasteiger charge is 2.20. The zero-order chi connectivity index (χ0) is 20.0. The number of H-pyrrole nitrogens is 1. The van der Waals surface area contributed by atoms with Crippen molar-refractivity contribution >= 4 is 29.3 Å². The van der Waals surface area contributed by atoms with Crippen LogP contribution in [0.15, 0.2) is 28.0 Å². The number of carbonyl (C=O) groups is 2. The van der Waals surface area contributed by atoms with E-state index < -0.39 is 11.7 Å². The van der Waals surface area contributed by atoms with Crippen LogP contribution in [0.25, 0.3) is 0 Å². The van der Waals surface area contributed by atoms with Crippen molar-refractivity contribution < 1.29 is 19.1 Å². The van der Waals surface area contributed by atoms with Crippen molar-refractivity contribution in [2.24, 2.45) is 0 Å². The van der Waals surface area contributed by atoms with Crippen LogP contribution < -0.4 is 15.7 Å². The maximum Gasteiger partial charge on any atom is 0.346 e. The Morgan fingerprint density at radius 3 is 2.70 bits per heavy atom. The van der Waals surface area contributed by atoms with Gasteiger partial charge in [0.2, 0.25) is 5.91 Å². The van der Waals surface area contributed by atoms with Crippen molar-refractivity contribution in [3.8, 4) is 5.75 Å². The lowest BCUT2D eigenvalue weighted by Crippen LogP contribution is -2.21. The molecule has 0 atom stereocenters. The quantitative estimate of drug-likeness (QED) is 0.423. The van der Waals surface area contributed by atoms with Gasteiger partial charge in [-0.25, -0.2) is 9.59 Å². The summed E-state index contributed by atoms with van der Waals surface area (Å²) in [7, 11) is 1.52. The molecule has 1 amide bonds. The Morgan fingerprint density at radius 1 is 1.30 bits per heavy atom. The number of thioether (sulfide) groups is 1. The van der Waals surface area contributed by atoms with Gasteiger partial charge in [0, 0.05) is 5.69 Å². The van der Waals surface area contributed by atoms with Crippen LogP contribution in [0.4, 0.5) is 5.69 Å². The lowest BCUT2D eigenvalue weighted by atomic mass is 10.2. The molecule has 0 saturated heterocycles. The minimum absolute atomic E-state index is 0.0423. The van der Waals surface area contributed by atoms with E-state index in [1.807, 2.05) is 13.0 Å². The second-order valence-corrected chi connectivity index (χ2v) is 6.57. The smallest absolute Gasteiger partial charge is 0.346 e. The van der Waals surface area contributed by atoms with Crippen molar-refractivity contribution in [2.45, 2.75) is 25.8 Å². The highest BCUT2D eigenvalue weighted by molar-refractivity contribution is 8.00. The minimum atomic E-state index is -0.595. The largest absolute Gasteiger partial charge is 0.495 e. The van der Waals surface area contributed by atoms with Crippen molar-refractivity contribution in [1.82, 2.24) is 9.97 Å². The molecule has 27 heavy (non-hydrogen) atoms. The molecule has 0 bridgehead atoms. The number of aromatic nitrogens is 2. The van der Waals surface area contributed by atoms with E-state index in [1.54, 1.807) is 26.0 Å². The third-order valence-electron chi connectivity index (χ3n) is 3.53. The number of hydrogen-bond acceptors (Lipinski definition) is 7. The van der Waals surface area contributed by atoms with E-state index in [0.717, 1.165) is 17.3 Å². The van der Waals surface area contributed by atoms with Gasteiger partial charge in [-0.1, -0.05) is 17.8 Å². The third kappa shape index (κ3) is 5.33. The molecule has 2 N–H and O–H groups in total. The second-order valence-electron chi connectivity index (χ2n) is 5.61. The fourth-order valence-corrected chi connectivity index (χ4v) is 3.22. The summed E-state index contributed by atoms with van der Waals surface area (Å²) in [5, 5.41) is 2.91. The molecule has 9 heteroatoms. The highest BCUT2D eigenvalue weighted by atomic mass is 32.2. The fraction of sp³-hybridized carbons (Fsp3) is 0.333. The van der Waals surface area contributed by atoms with Gasteiger partial charge in [0.25, 0.3) is 0 Å². The molecule has 0 radical (unpaired) electrons. The number of nitrogens with zero attached hydrogens (tertiary/aromatic N) is 1. The van der Waals surface area contributed by atoms with Crippen LogP contribution in [0.2, 0.25) is 0 Å². The van der Waals surface area contributed by atoms with Crippen molar-refractivity contribution in [2.75, 3.05) is 24.8 Å². The molecule has 0 spiro atoms. The average Bonchev–Trinajstić information content (AvgIpc) is 2.59. The van der Waals surface area contributed by atoms with Crippen LogP contribution in [0.3, 0.4) is 0 Å². The topological polar surface area (TPSA) is 110 Å². The molecule has 0 unspecified atom stereocenters. The van der Waals surface area contributed by atoms with E-state index in [2.05, 4.69) is 15.3 Å². The van der Waals surface area contributed by atoms with Gasteiger partial charge in [-0.3, -0.25) is 4.79 Å². The number of nitrogens with one attached hydrogen (secondary N) is 2. The van der Waals surface area contributed by atoms with E-state index >= 15 is 0 Å². The fourth-order valence-electron chi connectivity index (χ4n) is 2.35. The SMILES string of the molecule is CCOC(=O)c1c(SCC(=O)Nc2cc(C)ccc2OC)nc(=O)[nH]c1C. The monoisotopic (exact) mass is 391 g/mol. The summed E-state index contributed by atoms with van der Waals surface area (Å²) >= 11 is 0.990. The zero-order valence-electron chi connectivity index (χ0n) is 15.5. The first-order chi connectivity index (χ1) is 12.8. The number of ether oxygens (including phenoxy) is 2. The molecule has 2 aromatic rings. The lowest BCUT2D eigenvalue weighted by molar-refractivity contribution is -0.113. The Balaban J connectivity index is 2.17. The summed E-state index contributed by atoms with van der Waals surface area (Å²) in [4.78, 5) is 42.4. The zero-order valence-corrected chi connectivity index (χ0v) is 16.4. The molecule has 1 heterocycles. The van der Waals surface area contributed by atoms with Gasteiger partial charge >= 0.3 is 11.7 Å². The molecule has 1 aromatic carbocycles. The van der Waals surface area contributed by atoms with Gasteiger partial charge in [-0.2, -0.15) is 4.98 Å². The van der Waals surface area contributed by atoms with Crippen LogP contribution >= 0.6 is 11.8 Å². The van der Waals surface area contributed by atoms with Crippen molar-refractivity contribution in [3.63, 3.8) is 0 Å². The molecule has 144 valence electrons. The number of amides is 1. The van der Waals surface area contributed by atoms with Gasteiger partial charge in [-0.15, -0.1) is 0 Å². The number of methoxy groups -OCH3 is 1. The summed E-state index contributed by atoms with van der Waals surface area (Å²) in [5.74, 6) is -0.420. The summed E-state index contributed by atoms with van der Waals surface area (Å²) in [6.07, 6.45) is 0. The van der Waals surface area contributed by atoms with Gasteiger partial charge in [-0.05, 0) is 38.5 Å². The molecule has 1 aromatic heterocycles. The van der Waals surface area contributed by atoms with Crippen LogP contribution in [0.5, 0.6) is 5.75 Å². The van der Waals surface area contributed by atoms with Gasteiger partial charge in [0.05, 0.1) is 25.2 Å². The van der Waals surface area contributed by atoms with Crippen LogP contribution in [-0.2, 0) is 9.53 Å². The van der Waals surface area contributed by atoms with Crippen LogP contribution in [0.1, 0.15) is 28.5 Å². The molecule has 2 rings (SSSR count). The molecule has 0 aliphatic heterocycles. The lowest BCUT2D eigenvalue weighted by Gasteiger charge is -2.12. The average molecular weight is 391 g/mol. The standard InChI is InChI=1S/C18H21N3O5S/c1-5-26-17(23)15-11(3)19-18(24)21-16(15)27-9-14(22)20-12-8-10(2)6-7-13(12)25-4/h6-8H,5,9H2,1-4H3,(H,20,22)(H,19,21,24). The maximum absolute atomic E-state index is 12.3. The van der Waals surface area contributed by atoms with E-state index in [1.165, 1.54) is 7.11 Å². The summed E-state index contributed by atoms with van der Waals surface area (Å²) in [5.41, 5.74) is 1.42. The van der Waals surface area contributed by atoms with E-state index in [4.69, 9.17) is 9.47 Å². The number of hydrogen-bond donors (Lipinski definition) is 2. The van der Waals surface area contributed by atoms with Crippen molar-refractivity contribution in [1.29, 1.82) is 0 Å². The van der Waals surface area contributed by atoms with Crippen LogP contribution in [-0.4, -0.2) is 41.3 Å². The molecule has 8 nitrogen and oxygen atoms in total. The number of benzene rings is 1. The predicted molar refractivity (Wildman–Crippen MR) is 103 cm³/mol. The summed E-state index contributed by atoms with van der Waals surface area (Å²) in [6, 6.07) is 5.43. The van der Waals surface area contributed by atoms with E-state index in [0.29, 0.717) is 17.1 Å². The second kappa shape index (κ2) is 9.22. The highest BCUT2D eigenvalue weighted by Crippen LogP contribution is 2.26. The first-order valence-electron chi connectivity index (χ1n) is 8.21. The Morgan fingerprint density at radius 2 is 2.04 bits per heavy atom. The molecular weight excluding hydrogens is 370 g/mol. The Labute approximate surface area is 160 Å². The Kier molecular flexibility index (Phi) is 7.00. The molecule has 0 aliphatic rings. The minimum Gasteiger partial charge on any atom is -0.495 e. The predicted octanol–water partition coefficient (Wildman–Crippen LogP) is 2.30. The van der Waals surface area contributed by atoms with Crippen molar-refractivity contribution in [3.05, 3.63) is 45.5 Å². The summed E-state index contributed by atoms with van der Waals surface area (Å²) in [6.45, 7) is 5.35. The third-order valence-corrected chi connectivity index (χ3v) is 4.51. The number of carbonyl (C=O) groups excluding carboxylic acids is 2. The van der Waals surface area contributed by atoms with Crippen LogP contribution in [0, 0.1) is 13.8 Å². The molecule has 0 fully saturated rings. The molecule has 0 aliphatic carbocycles. The van der Waals surface area contributed by atoms with Gasteiger partial charge in [0.1, 0.15) is 16.3 Å². The molecule has 0 saturated carbocycles. The first kappa shape index (κ1) is 20.5. The number of anilines is 1. The first-order valence-corrected chi connectivity index (χ1v) is 9.19. The summed E-state index contributed by atoms with van der Waals surface area (Å²) < 4.78 is 10.2. The van der Waals surface area contributed by atoms with E-state index in [-0.39, 0.29) is 28.9 Å². The van der Waals surface area contributed by atoms with Gasteiger partial charge in [0.15, 0.2) is 0 Å². The maximum atomic E-state index is 12.3. The number of esters is 1. The molecular formula is C18H21N3O5S.